The minimum atomic E-state index is -3.60. The van der Waals surface area contributed by atoms with Crippen LogP contribution < -0.4 is 14.4 Å². The van der Waals surface area contributed by atoms with Crippen LogP contribution in [0.25, 0.3) is 0 Å². The van der Waals surface area contributed by atoms with Crippen molar-refractivity contribution >= 4 is 27.5 Å². The first-order valence-corrected chi connectivity index (χ1v) is 14.2. The van der Waals surface area contributed by atoms with Gasteiger partial charge in [-0.2, -0.15) is 0 Å². The minimum absolute atomic E-state index is 0.102. The van der Waals surface area contributed by atoms with Crippen molar-refractivity contribution in [1.29, 1.82) is 0 Å². The first-order valence-electron chi connectivity index (χ1n) is 12.4. The molecule has 2 rings (SSSR count). The third-order valence-electron chi connectivity index (χ3n) is 6.04. The SMILES string of the molecule is CCCNC(=O)[C@@H](CC)N(Cc1ccccc1C)C(=O)CCCN(c1ccccc1OC)S(C)(=O)=O. The van der Waals surface area contributed by atoms with Gasteiger partial charge in [-0.15, -0.1) is 0 Å². The molecular weight excluding hydrogens is 478 g/mol. The molecule has 9 heteroatoms. The molecule has 36 heavy (non-hydrogen) atoms. The Balaban J connectivity index is 2.24. The second-order valence-corrected chi connectivity index (χ2v) is 10.7. The Hall–Kier alpha value is -3.07. The molecule has 198 valence electrons. The number of benzene rings is 2. The predicted molar refractivity (Wildman–Crippen MR) is 144 cm³/mol. The number of hydrogen-bond donors (Lipinski definition) is 1. The van der Waals surface area contributed by atoms with Crippen LogP contribution in [-0.4, -0.2) is 57.6 Å². The van der Waals surface area contributed by atoms with Crippen LogP contribution in [0.15, 0.2) is 48.5 Å². The van der Waals surface area contributed by atoms with Crippen molar-refractivity contribution in [2.24, 2.45) is 0 Å². The van der Waals surface area contributed by atoms with E-state index in [1.54, 1.807) is 29.2 Å². The molecule has 2 aromatic carbocycles. The first kappa shape index (κ1) is 29.2. The Morgan fingerprint density at radius 3 is 2.33 bits per heavy atom. The number of hydrogen-bond acceptors (Lipinski definition) is 5. The number of aryl methyl sites for hydroxylation is 1. The monoisotopic (exact) mass is 517 g/mol. The number of carbonyl (C=O) groups is 2. The van der Waals surface area contributed by atoms with E-state index < -0.39 is 16.1 Å². The molecule has 0 fully saturated rings. The van der Waals surface area contributed by atoms with E-state index in [2.05, 4.69) is 5.32 Å². The maximum atomic E-state index is 13.5. The van der Waals surface area contributed by atoms with Crippen molar-refractivity contribution in [3.05, 3.63) is 59.7 Å². The van der Waals surface area contributed by atoms with Gasteiger partial charge in [0.2, 0.25) is 21.8 Å². The standard InChI is InChI=1S/C27H39N3O5S/c1-6-18-28-27(32)23(7-2)29(20-22-14-9-8-13-21(22)3)26(31)17-12-19-30(36(5,33)34)24-15-10-11-16-25(24)35-4/h8-11,13-16,23H,6-7,12,17-20H2,1-5H3,(H,28,32)/t23-/m1/s1. The molecular formula is C27H39N3O5S. The molecule has 0 spiro atoms. The van der Waals surface area contributed by atoms with Gasteiger partial charge < -0.3 is 15.0 Å². The molecule has 0 aliphatic carbocycles. The van der Waals surface area contributed by atoms with Crippen LogP contribution in [0.2, 0.25) is 0 Å². The number of nitrogens with zero attached hydrogens (tertiary/aromatic N) is 2. The molecule has 0 saturated carbocycles. The van der Waals surface area contributed by atoms with Gasteiger partial charge in [0.05, 0.1) is 19.1 Å². The number of carbonyl (C=O) groups excluding carboxylic acids is 2. The van der Waals surface area contributed by atoms with Crippen LogP contribution in [0.5, 0.6) is 5.75 Å². The van der Waals surface area contributed by atoms with Gasteiger partial charge in [0.25, 0.3) is 0 Å². The molecule has 2 amide bonds. The molecule has 0 radical (unpaired) electrons. The molecule has 1 atom stereocenters. The summed E-state index contributed by atoms with van der Waals surface area (Å²) in [6, 6.07) is 14.1. The Bertz CT molecular complexity index is 1120. The summed E-state index contributed by atoms with van der Waals surface area (Å²) in [5, 5.41) is 2.91. The quantitative estimate of drug-likeness (QED) is 0.410. The third-order valence-corrected chi connectivity index (χ3v) is 7.22. The van der Waals surface area contributed by atoms with E-state index in [-0.39, 0.29) is 24.8 Å². The number of anilines is 1. The summed E-state index contributed by atoms with van der Waals surface area (Å²) in [5.74, 6) is 0.0763. The van der Waals surface area contributed by atoms with Crippen LogP contribution >= 0.6 is 0 Å². The summed E-state index contributed by atoms with van der Waals surface area (Å²) in [7, 11) is -2.12. The lowest BCUT2D eigenvalue weighted by Crippen LogP contribution is -2.49. The number of ether oxygens (including phenoxy) is 1. The summed E-state index contributed by atoms with van der Waals surface area (Å²) in [4.78, 5) is 28.0. The van der Waals surface area contributed by atoms with Gasteiger partial charge in [0.15, 0.2) is 0 Å². The van der Waals surface area contributed by atoms with E-state index in [4.69, 9.17) is 4.74 Å². The van der Waals surface area contributed by atoms with Crippen LogP contribution in [0.3, 0.4) is 0 Å². The maximum absolute atomic E-state index is 13.5. The van der Waals surface area contributed by atoms with Gasteiger partial charge in [-0.1, -0.05) is 50.2 Å². The highest BCUT2D eigenvalue weighted by atomic mass is 32.2. The zero-order valence-electron chi connectivity index (χ0n) is 22.0. The number of methoxy groups -OCH3 is 1. The molecule has 0 heterocycles. The molecule has 0 aromatic heterocycles. The zero-order chi connectivity index (χ0) is 26.7. The lowest BCUT2D eigenvalue weighted by Gasteiger charge is -2.31. The van der Waals surface area contributed by atoms with Gasteiger partial charge in [-0.25, -0.2) is 8.42 Å². The molecule has 0 unspecified atom stereocenters. The van der Waals surface area contributed by atoms with Crippen molar-refractivity contribution in [2.75, 3.05) is 30.8 Å². The van der Waals surface area contributed by atoms with Crippen molar-refractivity contribution in [1.82, 2.24) is 10.2 Å². The van der Waals surface area contributed by atoms with E-state index >= 15 is 0 Å². The summed E-state index contributed by atoms with van der Waals surface area (Å²) in [6.45, 7) is 6.82. The van der Waals surface area contributed by atoms with Crippen LogP contribution in [0, 0.1) is 6.92 Å². The molecule has 0 bridgehead atoms. The number of amides is 2. The molecule has 2 aromatic rings. The van der Waals surface area contributed by atoms with E-state index in [9.17, 15) is 18.0 Å². The van der Waals surface area contributed by atoms with Gasteiger partial charge in [0, 0.05) is 26.1 Å². The predicted octanol–water partition coefficient (Wildman–Crippen LogP) is 3.88. The van der Waals surface area contributed by atoms with E-state index in [1.807, 2.05) is 45.0 Å². The molecule has 8 nitrogen and oxygen atoms in total. The van der Waals surface area contributed by atoms with Crippen LogP contribution in [-0.2, 0) is 26.2 Å². The number of rotatable bonds is 14. The second-order valence-electron chi connectivity index (χ2n) is 8.77. The Kier molecular flexibility index (Phi) is 11.2. The largest absolute Gasteiger partial charge is 0.495 e. The molecule has 0 saturated heterocycles. The van der Waals surface area contributed by atoms with Crippen LogP contribution in [0.1, 0.15) is 50.7 Å². The third kappa shape index (κ3) is 7.98. The summed E-state index contributed by atoms with van der Waals surface area (Å²) in [5.41, 5.74) is 2.44. The lowest BCUT2D eigenvalue weighted by atomic mass is 10.1. The highest BCUT2D eigenvalue weighted by molar-refractivity contribution is 7.92. The topological polar surface area (TPSA) is 96.0 Å². The molecule has 0 aliphatic rings. The van der Waals surface area contributed by atoms with Gasteiger partial charge >= 0.3 is 0 Å². The van der Waals surface area contributed by atoms with Crippen molar-refractivity contribution in [2.45, 2.75) is 59.0 Å². The molecule has 0 aliphatic heterocycles. The maximum Gasteiger partial charge on any atom is 0.242 e. The summed E-state index contributed by atoms with van der Waals surface area (Å²) >= 11 is 0. The zero-order valence-corrected chi connectivity index (χ0v) is 22.8. The number of sulfonamides is 1. The fraction of sp³-hybridized carbons (Fsp3) is 0.481. The smallest absolute Gasteiger partial charge is 0.242 e. The fourth-order valence-corrected chi connectivity index (χ4v) is 5.04. The number of nitrogens with one attached hydrogen (secondary N) is 1. The van der Waals surface area contributed by atoms with Gasteiger partial charge in [0.1, 0.15) is 11.8 Å². The van der Waals surface area contributed by atoms with Gasteiger partial charge in [-0.05, 0) is 49.4 Å². The summed E-state index contributed by atoms with van der Waals surface area (Å²) < 4.78 is 31.7. The minimum Gasteiger partial charge on any atom is -0.495 e. The van der Waals surface area contributed by atoms with E-state index in [0.29, 0.717) is 37.4 Å². The second kappa shape index (κ2) is 13.9. The Morgan fingerprint density at radius 2 is 1.72 bits per heavy atom. The number of para-hydroxylation sites is 2. The van der Waals surface area contributed by atoms with Gasteiger partial charge in [-0.3, -0.25) is 13.9 Å². The summed E-state index contributed by atoms with van der Waals surface area (Å²) in [6.07, 6.45) is 2.81. The van der Waals surface area contributed by atoms with E-state index in [1.165, 1.54) is 11.4 Å². The molecule has 1 N–H and O–H groups in total. The lowest BCUT2D eigenvalue weighted by molar-refractivity contribution is -0.141. The Labute approximate surface area is 215 Å². The first-order chi connectivity index (χ1) is 17.1. The van der Waals surface area contributed by atoms with E-state index in [0.717, 1.165) is 23.8 Å². The average molecular weight is 518 g/mol. The normalized spacial score (nSPS) is 12.0. The van der Waals surface area contributed by atoms with Crippen molar-refractivity contribution < 1.29 is 22.7 Å². The average Bonchev–Trinajstić information content (AvgIpc) is 2.85. The highest BCUT2D eigenvalue weighted by Gasteiger charge is 2.29. The fourth-order valence-electron chi connectivity index (χ4n) is 4.07. The van der Waals surface area contributed by atoms with Crippen LogP contribution in [0.4, 0.5) is 5.69 Å². The highest BCUT2D eigenvalue weighted by Crippen LogP contribution is 2.30. The van der Waals surface area contributed by atoms with Crippen molar-refractivity contribution in [3.63, 3.8) is 0 Å². The Morgan fingerprint density at radius 1 is 1.06 bits per heavy atom. The van der Waals surface area contributed by atoms with Crippen molar-refractivity contribution in [3.8, 4) is 5.75 Å².